The van der Waals surface area contributed by atoms with Crippen LogP contribution in [0.4, 0.5) is 14.5 Å². The summed E-state index contributed by atoms with van der Waals surface area (Å²) in [5, 5.41) is 2.33. The Morgan fingerprint density at radius 1 is 1.08 bits per heavy atom. The van der Waals surface area contributed by atoms with Gasteiger partial charge in [0.15, 0.2) is 5.82 Å². The van der Waals surface area contributed by atoms with Crippen molar-refractivity contribution in [1.82, 2.24) is 9.97 Å². The first-order chi connectivity index (χ1) is 11.5. The summed E-state index contributed by atoms with van der Waals surface area (Å²) in [5.74, 6) is -1.47. The van der Waals surface area contributed by atoms with E-state index in [-0.39, 0.29) is 11.3 Å². The molecule has 24 heavy (non-hydrogen) atoms. The van der Waals surface area contributed by atoms with Gasteiger partial charge in [-0.3, -0.25) is 4.79 Å². The van der Waals surface area contributed by atoms with Crippen LogP contribution in [0.25, 0.3) is 11.4 Å². The number of anilines is 1. The Labute approximate surface area is 137 Å². The van der Waals surface area contributed by atoms with Gasteiger partial charge in [0.1, 0.15) is 11.6 Å². The van der Waals surface area contributed by atoms with Crippen LogP contribution in [0.15, 0.2) is 54.7 Å². The molecular formula is C18H13F2N3O. The van der Waals surface area contributed by atoms with Crippen molar-refractivity contribution in [2.75, 3.05) is 5.32 Å². The second kappa shape index (κ2) is 6.54. The van der Waals surface area contributed by atoms with Gasteiger partial charge >= 0.3 is 0 Å². The minimum Gasteiger partial charge on any atom is -0.319 e. The van der Waals surface area contributed by atoms with E-state index in [9.17, 15) is 13.6 Å². The first-order valence-corrected chi connectivity index (χ1v) is 7.20. The number of nitrogens with zero attached hydrogens (tertiary/aromatic N) is 2. The van der Waals surface area contributed by atoms with E-state index in [2.05, 4.69) is 15.3 Å². The van der Waals surface area contributed by atoms with E-state index < -0.39 is 17.5 Å². The predicted octanol–water partition coefficient (Wildman–Crippen LogP) is 3.98. The molecule has 1 N–H and O–H groups in total. The lowest BCUT2D eigenvalue weighted by molar-refractivity contribution is 0.102. The highest BCUT2D eigenvalue weighted by molar-refractivity contribution is 6.04. The van der Waals surface area contributed by atoms with Crippen molar-refractivity contribution in [3.05, 3.63) is 77.6 Å². The number of halogens is 2. The Morgan fingerprint density at radius 2 is 1.83 bits per heavy atom. The molecule has 1 amide bonds. The summed E-state index contributed by atoms with van der Waals surface area (Å²) in [4.78, 5) is 20.7. The summed E-state index contributed by atoms with van der Waals surface area (Å²) in [6.45, 7) is 1.66. The summed E-state index contributed by atoms with van der Waals surface area (Å²) in [7, 11) is 0. The predicted molar refractivity (Wildman–Crippen MR) is 86.5 cm³/mol. The zero-order valence-corrected chi connectivity index (χ0v) is 12.8. The van der Waals surface area contributed by atoms with Crippen molar-refractivity contribution in [3.8, 4) is 11.4 Å². The lowest BCUT2D eigenvalue weighted by Gasteiger charge is -2.09. The van der Waals surface area contributed by atoms with Gasteiger partial charge in [-0.25, -0.2) is 18.7 Å². The molecule has 0 radical (unpaired) electrons. The Bertz CT molecular complexity index is 898. The molecule has 0 atom stereocenters. The lowest BCUT2D eigenvalue weighted by atomic mass is 10.1. The number of carbonyl (C=O) groups is 1. The molecule has 120 valence electrons. The third-order valence-electron chi connectivity index (χ3n) is 3.43. The molecule has 1 heterocycles. The van der Waals surface area contributed by atoms with Crippen molar-refractivity contribution >= 4 is 11.6 Å². The van der Waals surface area contributed by atoms with Crippen LogP contribution in [0, 0.1) is 18.6 Å². The van der Waals surface area contributed by atoms with E-state index in [4.69, 9.17) is 0 Å². The van der Waals surface area contributed by atoms with Crippen molar-refractivity contribution in [2.45, 2.75) is 6.92 Å². The molecule has 6 heteroatoms. The largest absolute Gasteiger partial charge is 0.319 e. The number of benzene rings is 2. The monoisotopic (exact) mass is 325 g/mol. The first-order valence-electron chi connectivity index (χ1n) is 7.20. The van der Waals surface area contributed by atoms with Crippen LogP contribution in [0.5, 0.6) is 0 Å². The van der Waals surface area contributed by atoms with Gasteiger partial charge < -0.3 is 5.32 Å². The van der Waals surface area contributed by atoms with Crippen LogP contribution < -0.4 is 5.32 Å². The fourth-order valence-electron chi connectivity index (χ4n) is 2.20. The standard InChI is InChI=1S/C18H13F2N3O/c1-11-14(10-21-17(22-11)12-5-3-2-4-6-12)18(24)23-16-9-13(19)7-8-15(16)20/h2-10H,1H3,(H,23,24). The van der Waals surface area contributed by atoms with E-state index in [0.29, 0.717) is 11.5 Å². The van der Waals surface area contributed by atoms with Crippen LogP contribution in [-0.4, -0.2) is 15.9 Å². The minimum atomic E-state index is -0.718. The molecule has 0 aliphatic carbocycles. The molecule has 0 saturated carbocycles. The van der Waals surface area contributed by atoms with Gasteiger partial charge in [0.05, 0.1) is 16.9 Å². The minimum absolute atomic E-state index is 0.193. The van der Waals surface area contributed by atoms with E-state index in [1.54, 1.807) is 6.92 Å². The van der Waals surface area contributed by atoms with Gasteiger partial charge in [0.2, 0.25) is 0 Å². The SMILES string of the molecule is Cc1nc(-c2ccccc2)ncc1C(=O)Nc1cc(F)ccc1F. The van der Waals surface area contributed by atoms with Gasteiger partial charge in [-0.2, -0.15) is 0 Å². The van der Waals surface area contributed by atoms with Crippen molar-refractivity contribution in [3.63, 3.8) is 0 Å². The highest BCUT2D eigenvalue weighted by Gasteiger charge is 2.15. The van der Waals surface area contributed by atoms with E-state index in [1.165, 1.54) is 6.20 Å². The second-order valence-electron chi connectivity index (χ2n) is 5.14. The van der Waals surface area contributed by atoms with Gasteiger partial charge in [0.25, 0.3) is 5.91 Å². The fourth-order valence-corrected chi connectivity index (χ4v) is 2.20. The number of carbonyl (C=O) groups excluding carboxylic acids is 1. The van der Waals surface area contributed by atoms with Gasteiger partial charge in [-0.05, 0) is 19.1 Å². The molecule has 3 aromatic rings. The van der Waals surface area contributed by atoms with Gasteiger partial charge in [-0.15, -0.1) is 0 Å². The average molecular weight is 325 g/mol. The van der Waals surface area contributed by atoms with Gasteiger partial charge in [0, 0.05) is 17.8 Å². The summed E-state index contributed by atoms with van der Waals surface area (Å²) in [6, 6.07) is 12.2. The Kier molecular flexibility index (Phi) is 4.29. The summed E-state index contributed by atoms with van der Waals surface area (Å²) in [6.07, 6.45) is 1.37. The number of hydrogen-bond acceptors (Lipinski definition) is 3. The highest BCUT2D eigenvalue weighted by Crippen LogP contribution is 2.19. The number of nitrogens with one attached hydrogen (secondary N) is 1. The normalized spacial score (nSPS) is 10.5. The molecule has 0 spiro atoms. The molecule has 2 aromatic carbocycles. The molecule has 0 bridgehead atoms. The number of rotatable bonds is 3. The van der Waals surface area contributed by atoms with Crippen LogP contribution in [-0.2, 0) is 0 Å². The number of amides is 1. The molecule has 0 aliphatic rings. The van der Waals surface area contributed by atoms with Crippen molar-refractivity contribution in [1.29, 1.82) is 0 Å². The summed E-state index contributed by atoms with van der Waals surface area (Å²) < 4.78 is 26.8. The maximum Gasteiger partial charge on any atom is 0.259 e. The summed E-state index contributed by atoms with van der Waals surface area (Å²) >= 11 is 0. The molecule has 0 aliphatic heterocycles. The maximum atomic E-state index is 13.6. The second-order valence-corrected chi connectivity index (χ2v) is 5.14. The first kappa shape index (κ1) is 15.7. The van der Waals surface area contributed by atoms with Gasteiger partial charge in [-0.1, -0.05) is 30.3 Å². The average Bonchev–Trinajstić information content (AvgIpc) is 2.58. The van der Waals surface area contributed by atoms with Crippen LogP contribution >= 0.6 is 0 Å². The molecule has 0 fully saturated rings. The zero-order chi connectivity index (χ0) is 17.1. The molecule has 3 rings (SSSR count). The maximum absolute atomic E-state index is 13.6. The van der Waals surface area contributed by atoms with E-state index >= 15 is 0 Å². The molecule has 4 nitrogen and oxygen atoms in total. The Hall–Kier alpha value is -3.15. The van der Waals surface area contributed by atoms with E-state index in [0.717, 1.165) is 23.8 Å². The number of hydrogen-bond donors (Lipinski definition) is 1. The molecule has 0 saturated heterocycles. The fraction of sp³-hybridized carbons (Fsp3) is 0.0556. The lowest BCUT2D eigenvalue weighted by Crippen LogP contribution is -2.16. The summed E-state index contributed by atoms with van der Waals surface area (Å²) in [5.41, 5.74) is 1.23. The molecule has 1 aromatic heterocycles. The third-order valence-corrected chi connectivity index (χ3v) is 3.43. The molecular weight excluding hydrogens is 312 g/mol. The van der Waals surface area contributed by atoms with Crippen LogP contribution in [0.2, 0.25) is 0 Å². The van der Waals surface area contributed by atoms with Crippen molar-refractivity contribution in [2.24, 2.45) is 0 Å². The van der Waals surface area contributed by atoms with Crippen LogP contribution in [0.1, 0.15) is 16.1 Å². The van der Waals surface area contributed by atoms with Crippen LogP contribution in [0.3, 0.4) is 0 Å². The topological polar surface area (TPSA) is 54.9 Å². The van der Waals surface area contributed by atoms with E-state index in [1.807, 2.05) is 30.3 Å². The van der Waals surface area contributed by atoms with Crippen molar-refractivity contribution < 1.29 is 13.6 Å². The Morgan fingerprint density at radius 3 is 2.54 bits per heavy atom. The molecule has 0 unspecified atom stereocenters. The quantitative estimate of drug-likeness (QED) is 0.792. The highest BCUT2D eigenvalue weighted by atomic mass is 19.1. The smallest absolute Gasteiger partial charge is 0.259 e. The number of aryl methyl sites for hydroxylation is 1. The third kappa shape index (κ3) is 3.27. The zero-order valence-electron chi connectivity index (χ0n) is 12.8. The number of aromatic nitrogens is 2. The Balaban J connectivity index is 1.87.